The Morgan fingerprint density at radius 1 is 1.21 bits per heavy atom. The van der Waals surface area contributed by atoms with Crippen LogP contribution in [0, 0.1) is 12.7 Å². The fourth-order valence-corrected chi connectivity index (χ4v) is 5.17. The number of rotatable bonds is 4. The normalized spacial score (nSPS) is 16.3. The van der Waals surface area contributed by atoms with E-state index in [0.29, 0.717) is 28.8 Å². The lowest BCUT2D eigenvalue weighted by atomic mass is 9.66. The van der Waals surface area contributed by atoms with Crippen molar-refractivity contribution in [3.05, 3.63) is 40.7 Å². The SMILES string of the molecule is Bc1c(B)c(C2SCC(=O)N2c2ccc(C(=O)OCC)cc2C)c(B)c(B)c1F. The summed E-state index contributed by atoms with van der Waals surface area (Å²) < 4.78 is 19.6. The van der Waals surface area contributed by atoms with E-state index in [9.17, 15) is 14.0 Å². The first-order valence-electron chi connectivity index (χ1n) is 9.66. The molecule has 0 radical (unpaired) electrons. The van der Waals surface area contributed by atoms with Crippen LogP contribution in [0.25, 0.3) is 0 Å². The second kappa shape index (κ2) is 8.34. The van der Waals surface area contributed by atoms with Crippen LogP contribution in [0.1, 0.15) is 33.8 Å². The third-order valence-corrected chi connectivity index (χ3v) is 6.85. The number of ether oxygens (including phenoxy) is 1. The van der Waals surface area contributed by atoms with E-state index in [1.165, 1.54) is 0 Å². The van der Waals surface area contributed by atoms with Crippen molar-refractivity contribution in [2.24, 2.45) is 0 Å². The lowest BCUT2D eigenvalue weighted by Crippen LogP contribution is -2.49. The van der Waals surface area contributed by atoms with E-state index < -0.39 is 0 Å². The van der Waals surface area contributed by atoms with Crippen molar-refractivity contribution in [1.82, 2.24) is 0 Å². The topological polar surface area (TPSA) is 46.6 Å². The van der Waals surface area contributed by atoms with Crippen LogP contribution in [-0.2, 0) is 9.53 Å². The van der Waals surface area contributed by atoms with Crippen LogP contribution >= 0.6 is 11.8 Å². The Morgan fingerprint density at radius 2 is 1.83 bits per heavy atom. The van der Waals surface area contributed by atoms with Gasteiger partial charge < -0.3 is 4.74 Å². The average molecular weight is 407 g/mol. The highest BCUT2D eigenvalue weighted by molar-refractivity contribution is 8.00. The highest BCUT2D eigenvalue weighted by Gasteiger charge is 2.37. The molecule has 146 valence electrons. The molecular formula is C19H22B4FNO3S. The summed E-state index contributed by atoms with van der Waals surface area (Å²) in [7, 11) is 7.40. The van der Waals surface area contributed by atoms with Crippen LogP contribution in [0.15, 0.2) is 18.2 Å². The number of carbonyl (C=O) groups is 2. The Morgan fingerprint density at radius 3 is 2.38 bits per heavy atom. The number of carbonyl (C=O) groups excluding carboxylic acids is 2. The summed E-state index contributed by atoms with van der Waals surface area (Å²) in [6, 6.07) is 5.24. The predicted octanol–water partition coefficient (Wildman–Crippen LogP) is -2.88. The molecule has 29 heavy (non-hydrogen) atoms. The van der Waals surface area contributed by atoms with Crippen molar-refractivity contribution in [2.75, 3.05) is 17.3 Å². The van der Waals surface area contributed by atoms with Crippen LogP contribution in [0.2, 0.25) is 0 Å². The van der Waals surface area contributed by atoms with Gasteiger partial charge in [0.2, 0.25) is 5.91 Å². The van der Waals surface area contributed by atoms with Gasteiger partial charge in [0.05, 0.1) is 17.9 Å². The molecule has 1 saturated heterocycles. The van der Waals surface area contributed by atoms with Gasteiger partial charge in [0.15, 0.2) is 0 Å². The zero-order chi connectivity index (χ0) is 21.5. The molecule has 3 rings (SSSR count). The molecular weight excluding hydrogens is 385 g/mol. The second-order valence-corrected chi connectivity index (χ2v) is 8.45. The quantitative estimate of drug-likeness (QED) is 0.404. The molecule has 1 aliphatic heterocycles. The minimum absolute atomic E-state index is 0.00501. The number of anilines is 1. The van der Waals surface area contributed by atoms with E-state index in [0.717, 1.165) is 27.7 Å². The maximum absolute atomic E-state index is 14.5. The Hall–Kier alpha value is -2.08. The van der Waals surface area contributed by atoms with Crippen molar-refractivity contribution >= 4 is 82.6 Å². The lowest BCUT2D eigenvalue weighted by molar-refractivity contribution is -0.115. The maximum atomic E-state index is 14.5. The molecule has 0 N–H and O–H groups in total. The Kier molecular flexibility index (Phi) is 6.22. The molecule has 0 bridgehead atoms. The van der Waals surface area contributed by atoms with Gasteiger partial charge in [-0.3, -0.25) is 9.69 Å². The van der Waals surface area contributed by atoms with Crippen molar-refractivity contribution in [1.29, 1.82) is 0 Å². The first kappa shape index (κ1) is 21.6. The maximum Gasteiger partial charge on any atom is 0.338 e. The number of nitrogens with zero attached hydrogens (tertiary/aromatic N) is 1. The van der Waals surface area contributed by atoms with Crippen molar-refractivity contribution < 1.29 is 18.7 Å². The second-order valence-electron chi connectivity index (χ2n) is 7.38. The lowest BCUT2D eigenvalue weighted by Gasteiger charge is -2.30. The van der Waals surface area contributed by atoms with Crippen LogP contribution in [0.3, 0.4) is 0 Å². The zero-order valence-corrected chi connectivity index (χ0v) is 18.5. The molecule has 0 spiro atoms. The van der Waals surface area contributed by atoms with Crippen LogP contribution < -0.4 is 26.8 Å². The van der Waals surface area contributed by atoms with E-state index in [4.69, 9.17) is 4.74 Å². The molecule has 2 aromatic carbocycles. The summed E-state index contributed by atoms with van der Waals surface area (Å²) >= 11 is 1.55. The van der Waals surface area contributed by atoms with Gasteiger partial charge in [0, 0.05) is 5.69 Å². The number of halogens is 1. The summed E-state index contributed by atoms with van der Waals surface area (Å²) in [6.45, 7) is 3.96. The van der Waals surface area contributed by atoms with Crippen molar-refractivity contribution in [3.63, 3.8) is 0 Å². The summed E-state index contributed by atoms with van der Waals surface area (Å²) in [4.78, 5) is 26.6. The van der Waals surface area contributed by atoms with Gasteiger partial charge in [0.25, 0.3) is 0 Å². The third-order valence-electron chi connectivity index (χ3n) is 5.67. The number of hydrogen-bond acceptors (Lipinski definition) is 4. The zero-order valence-electron chi connectivity index (χ0n) is 17.7. The highest BCUT2D eigenvalue weighted by Crippen LogP contribution is 2.41. The van der Waals surface area contributed by atoms with E-state index >= 15 is 0 Å². The van der Waals surface area contributed by atoms with Crippen molar-refractivity contribution in [3.8, 4) is 0 Å². The standard InChI is InChI=1S/C19H22B4FNO3S/c1-3-28-19(27)9-4-5-10(8(2)6-9)25-11(26)7-29-18(25)12-13(20)15(22)17(24)16(23)14(12)21/h4-6,18H,3,7,20-23H2,1-2H3. The molecule has 1 fully saturated rings. The number of esters is 1. The molecule has 0 aromatic heterocycles. The number of hydrogen-bond donors (Lipinski definition) is 0. The summed E-state index contributed by atoms with van der Waals surface area (Å²) in [5.41, 5.74) is 6.04. The van der Waals surface area contributed by atoms with Gasteiger partial charge in [-0.1, -0.05) is 21.9 Å². The average Bonchev–Trinajstić information content (AvgIpc) is 3.06. The van der Waals surface area contributed by atoms with Gasteiger partial charge in [0.1, 0.15) is 42.6 Å². The van der Waals surface area contributed by atoms with E-state index in [1.807, 2.05) is 22.6 Å². The molecule has 1 aliphatic rings. The van der Waals surface area contributed by atoms with Crippen LogP contribution in [0.4, 0.5) is 10.1 Å². The molecule has 4 nitrogen and oxygen atoms in total. The summed E-state index contributed by atoms with van der Waals surface area (Å²) in [6.07, 6.45) is 0. The molecule has 1 unspecified atom stereocenters. The first-order chi connectivity index (χ1) is 13.7. The fourth-order valence-electron chi connectivity index (χ4n) is 3.83. The monoisotopic (exact) mass is 407 g/mol. The predicted molar refractivity (Wildman–Crippen MR) is 129 cm³/mol. The molecule has 2 aromatic rings. The number of thioether (sulfide) groups is 1. The van der Waals surface area contributed by atoms with E-state index in [1.54, 1.807) is 57.5 Å². The highest BCUT2D eigenvalue weighted by atomic mass is 32.2. The minimum atomic E-state index is -0.378. The van der Waals surface area contributed by atoms with Gasteiger partial charge in [-0.2, -0.15) is 0 Å². The molecule has 1 atom stereocenters. The molecule has 0 aliphatic carbocycles. The molecule has 10 heteroatoms. The summed E-state index contributed by atoms with van der Waals surface area (Å²) in [5, 5.41) is -0.229. The molecule has 1 heterocycles. The van der Waals surface area contributed by atoms with Crippen molar-refractivity contribution in [2.45, 2.75) is 19.2 Å². The van der Waals surface area contributed by atoms with Gasteiger partial charge >= 0.3 is 5.97 Å². The third kappa shape index (κ3) is 3.75. The van der Waals surface area contributed by atoms with E-state index in [-0.39, 0.29) is 23.1 Å². The van der Waals surface area contributed by atoms with E-state index in [2.05, 4.69) is 0 Å². The van der Waals surface area contributed by atoms with Gasteiger partial charge in [-0.05, 0) is 43.2 Å². The van der Waals surface area contributed by atoms with Crippen LogP contribution in [0.5, 0.6) is 0 Å². The first-order valence-corrected chi connectivity index (χ1v) is 10.7. The Balaban J connectivity index is 2.09. The Labute approximate surface area is 178 Å². The van der Waals surface area contributed by atoms with Gasteiger partial charge in [-0.15, -0.1) is 11.8 Å². The Bertz CT molecular complexity index is 988. The van der Waals surface area contributed by atoms with Gasteiger partial charge in [-0.25, -0.2) is 9.18 Å². The minimum Gasteiger partial charge on any atom is -0.462 e. The largest absolute Gasteiger partial charge is 0.462 e. The fraction of sp³-hybridized carbons (Fsp3) is 0.263. The number of benzene rings is 2. The molecule has 1 amide bonds. The molecule has 0 saturated carbocycles. The number of amides is 1. The number of aryl methyl sites for hydroxylation is 1. The van der Waals surface area contributed by atoms with Crippen LogP contribution in [-0.4, -0.2) is 55.6 Å². The summed E-state index contributed by atoms with van der Waals surface area (Å²) in [5.74, 6) is -0.194. The smallest absolute Gasteiger partial charge is 0.338 e.